The Bertz CT molecular complexity index is 1090. The second kappa shape index (κ2) is 8.71. The lowest BCUT2D eigenvalue weighted by Gasteiger charge is -2.49. The quantitative estimate of drug-likeness (QED) is 0.505. The summed E-state index contributed by atoms with van der Waals surface area (Å²) < 4.78 is 59.8. The zero-order valence-corrected chi connectivity index (χ0v) is 19.9. The lowest BCUT2D eigenvalue weighted by molar-refractivity contribution is -0.130. The van der Waals surface area contributed by atoms with E-state index >= 15 is 0 Å². The molecule has 1 saturated carbocycles. The predicted molar refractivity (Wildman–Crippen MR) is 124 cm³/mol. The molecule has 6 nitrogen and oxygen atoms in total. The molecular weight excluding hydrogens is 464 g/mol. The minimum Gasteiger partial charge on any atom is -0.427 e. The van der Waals surface area contributed by atoms with E-state index in [9.17, 15) is 22.4 Å². The van der Waals surface area contributed by atoms with Crippen LogP contribution in [0.15, 0.2) is 22.6 Å². The number of halogens is 4. The summed E-state index contributed by atoms with van der Waals surface area (Å²) in [5.41, 5.74) is 0.283. The molecule has 6 rings (SSSR count). The van der Waals surface area contributed by atoms with E-state index in [4.69, 9.17) is 4.42 Å². The van der Waals surface area contributed by atoms with E-state index in [1.807, 2.05) is 4.90 Å². The Morgan fingerprint density at radius 1 is 1.14 bits per heavy atom. The van der Waals surface area contributed by atoms with Gasteiger partial charge in [0.1, 0.15) is 18.0 Å². The molecule has 2 aromatic rings. The molecule has 3 saturated heterocycles. The Balaban J connectivity index is 1.32. The molecule has 10 heteroatoms. The number of carbonyl (C=O) groups excluding carboxylic acids is 1. The van der Waals surface area contributed by atoms with Crippen LogP contribution in [0, 0.1) is 23.1 Å². The van der Waals surface area contributed by atoms with Crippen LogP contribution < -0.4 is 15.1 Å². The molecule has 1 aromatic carbocycles. The Morgan fingerprint density at radius 2 is 1.80 bits per heavy atom. The van der Waals surface area contributed by atoms with Gasteiger partial charge in [0.15, 0.2) is 5.69 Å². The highest BCUT2D eigenvalue weighted by molar-refractivity contribution is 6.04. The molecule has 190 valence electrons. The molecule has 0 spiro atoms. The minimum atomic E-state index is -4.57. The highest BCUT2D eigenvalue weighted by Crippen LogP contribution is 2.42. The first-order chi connectivity index (χ1) is 16.6. The van der Waals surface area contributed by atoms with E-state index in [1.54, 1.807) is 17.0 Å². The number of nitrogens with zero attached hydrogens (tertiary/aromatic N) is 3. The van der Waals surface area contributed by atoms with Gasteiger partial charge in [-0.1, -0.05) is 13.8 Å². The number of hydrogen-bond donors (Lipinski definition) is 1. The van der Waals surface area contributed by atoms with Crippen molar-refractivity contribution in [2.45, 2.75) is 52.1 Å². The van der Waals surface area contributed by atoms with Crippen LogP contribution in [0.25, 0.3) is 0 Å². The van der Waals surface area contributed by atoms with Crippen molar-refractivity contribution >= 4 is 23.3 Å². The van der Waals surface area contributed by atoms with Crippen molar-refractivity contribution in [3.8, 4) is 0 Å². The summed E-state index contributed by atoms with van der Waals surface area (Å²) in [5.74, 6) is -0.667. The summed E-state index contributed by atoms with van der Waals surface area (Å²) in [5, 5.41) is 2.49. The lowest BCUT2D eigenvalue weighted by atomic mass is 9.71. The van der Waals surface area contributed by atoms with Gasteiger partial charge in [0.25, 0.3) is 11.9 Å². The van der Waals surface area contributed by atoms with Crippen molar-refractivity contribution < 1.29 is 26.8 Å². The first kappa shape index (κ1) is 23.9. The molecule has 2 bridgehead atoms. The first-order valence-corrected chi connectivity index (χ1v) is 12.3. The van der Waals surface area contributed by atoms with E-state index in [0.717, 1.165) is 25.9 Å². The third kappa shape index (κ3) is 4.71. The van der Waals surface area contributed by atoms with Crippen LogP contribution in [-0.2, 0) is 6.42 Å². The number of rotatable bonds is 7. The van der Waals surface area contributed by atoms with E-state index in [2.05, 4.69) is 24.1 Å². The van der Waals surface area contributed by atoms with Crippen molar-refractivity contribution in [3.63, 3.8) is 0 Å². The average molecular weight is 495 g/mol. The molecular formula is C25H30F4N4O2. The minimum absolute atomic E-state index is 0.0112. The summed E-state index contributed by atoms with van der Waals surface area (Å²) in [7, 11) is 0. The molecule has 35 heavy (non-hydrogen) atoms. The SMILES string of the molecule is CCC1(CC)CN(c2nc(C(=O)Nc3ccc(N4CC5CC(C5)C4)c(F)c3)c(CC(F)(F)F)o2)C1. The average Bonchev–Trinajstić information content (AvgIpc) is 3.15. The number of alkyl halides is 3. The summed E-state index contributed by atoms with van der Waals surface area (Å²) in [6.45, 7) is 6.99. The second-order valence-corrected chi connectivity index (χ2v) is 10.4. The summed E-state index contributed by atoms with van der Waals surface area (Å²) in [6, 6.07) is 4.38. The van der Waals surface area contributed by atoms with Gasteiger partial charge >= 0.3 is 6.18 Å². The van der Waals surface area contributed by atoms with Gasteiger partial charge in [-0.05, 0) is 55.7 Å². The standard InChI is InChI=1S/C25H30F4N4O2/c1-3-24(4-2)13-33(14-24)23-31-21(20(35-23)10-25(27,28)29)22(34)30-17-5-6-19(18(26)9-17)32-11-15-7-16(8-15)12-32/h5-6,9,15-16H,3-4,7-8,10-14H2,1-2H3,(H,30,34). The fourth-order valence-electron chi connectivity index (χ4n) is 5.65. The van der Waals surface area contributed by atoms with Crippen molar-refractivity contribution in [2.75, 3.05) is 41.3 Å². The largest absolute Gasteiger partial charge is 0.427 e. The molecule has 4 aliphatic rings. The van der Waals surface area contributed by atoms with Crippen molar-refractivity contribution in [1.82, 2.24) is 4.98 Å². The Hall–Kier alpha value is -2.78. The highest BCUT2D eigenvalue weighted by atomic mass is 19.4. The molecule has 3 aliphatic heterocycles. The van der Waals surface area contributed by atoms with Crippen LogP contribution in [0.3, 0.4) is 0 Å². The topological polar surface area (TPSA) is 61.6 Å². The van der Waals surface area contributed by atoms with Crippen molar-refractivity contribution in [3.05, 3.63) is 35.5 Å². The third-order valence-corrected chi connectivity index (χ3v) is 7.92. The van der Waals surface area contributed by atoms with E-state index < -0.39 is 35.8 Å². The van der Waals surface area contributed by atoms with Crippen LogP contribution >= 0.6 is 0 Å². The van der Waals surface area contributed by atoms with Crippen LogP contribution in [0.5, 0.6) is 0 Å². The summed E-state index contributed by atoms with van der Waals surface area (Å²) >= 11 is 0. The van der Waals surface area contributed by atoms with Crippen molar-refractivity contribution in [1.29, 1.82) is 0 Å². The Kier molecular flexibility index (Phi) is 5.96. The van der Waals surface area contributed by atoms with Gasteiger partial charge in [-0.2, -0.15) is 18.2 Å². The maximum absolute atomic E-state index is 14.9. The van der Waals surface area contributed by atoms with Gasteiger partial charge in [-0.3, -0.25) is 4.79 Å². The van der Waals surface area contributed by atoms with Crippen LogP contribution in [0.4, 0.5) is 35.0 Å². The van der Waals surface area contributed by atoms with Crippen LogP contribution in [0.1, 0.15) is 55.8 Å². The van der Waals surface area contributed by atoms with Crippen LogP contribution in [0.2, 0.25) is 0 Å². The lowest BCUT2D eigenvalue weighted by Crippen LogP contribution is -2.56. The number of oxazole rings is 1. The monoisotopic (exact) mass is 494 g/mol. The molecule has 0 radical (unpaired) electrons. The molecule has 4 fully saturated rings. The zero-order chi connectivity index (χ0) is 25.0. The number of benzene rings is 1. The normalized spacial score (nSPS) is 23.0. The number of aromatic nitrogens is 1. The van der Waals surface area contributed by atoms with Gasteiger partial charge in [0.05, 0.1) is 5.69 Å². The van der Waals surface area contributed by atoms with Gasteiger partial charge < -0.3 is 19.5 Å². The van der Waals surface area contributed by atoms with E-state index in [0.29, 0.717) is 30.6 Å². The first-order valence-electron chi connectivity index (χ1n) is 12.3. The predicted octanol–water partition coefficient (Wildman–Crippen LogP) is 5.64. The Labute approximate surface area is 201 Å². The number of hydrogen-bond acceptors (Lipinski definition) is 5. The van der Waals surface area contributed by atoms with Gasteiger partial charge in [-0.25, -0.2) is 4.39 Å². The maximum Gasteiger partial charge on any atom is 0.396 e. The van der Waals surface area contributed by atoms with Gasteiger partial charge in [-0.15, -0.1) is 0 Å². The fraction of sp³-hybridized carbons (Fsp3) is 0.600. The number of amides is 1. The third-order valence-electron chi connectivity index (χ3n) is 7.92. The Morgan fingerprint density at radius 3 is 2.37 bits per heavy atom. The molecule has 1 amide bonds. The molecule has 0 unspecified atom stereocenters. The van der Waals surface area contributed by atoms with Crippen molar-refractivity contribution in [2.24, 2.45) is 17.3 Å². The van der Waals surface area contributed by atoms with Gasteiger partial charge in [0, 0.05) is 37.3 Å². The molecule has 1 aliphatic carbocycles. The fourth-order valence-corrected chi connectivity index (χ4v) is 5.65. The maximum atomic E-state index is 14.9. The van der Waals surface area contributed by atoms with E-state index in [-0.39, 0.29) is 17.1 Å². The molecule has 1 N–H and O–H groups in total. The molecule has 1 aromatic heterocycles. The second-order valence-electron chi connectivity index (χ2n) is 10.4. The summed E-state index contributed by atoms with van der Waals surface area (Å²) in [6.07, 6.45) is -1.72. The summed E-state index contributed by atoms with van der Waals surface area (Å²) in [4.78, 5) is 20.8. The number of carbonyl (C=O) groups is 1. The van der Waals surface area contributed by atoms with Gasteiger partial charge in [0.2, 0.25) is 0 Å². The number of anilines is 3. The number of nitrogens with one attached hydrogen (secondary N) is 1. The smallest absolute Gasteiger partial charge is 0.396 e. The zero-order valence-electron chi connectivity index (χ0n) is 19.9. The number of piperidine rings is 2. The van der Waals surface area contributed by atoms with Crippen LogP contribution in [-0.4, -0.2) is 43.2 Å². The van der Waals surface area contributed by atoms with E-state index in [1.165, 1.54) is 18.9 Å². The molecule has 0 atom stereocenters. The molecule has 4 heterocycles. The highest BCUT2D eigenvalue weighted by Gasteiger charge is 2.43. The number of fused-ring (bicyclic) bond motifs is 2.